The molecule has 6 atom stereocenters. The molecule has 0 spiro atoms. The first-order chi connectivity index (χ1) is 43.6. The number of hydrogen-bond donors (Lipinski definition) is 5. The smallest absolute Gasteiger partial charge is 0.171 e. The van der Waals surface area contributed by atoms with Crippen LogP contribution in [0.1, 0.15) is 147 Å². The number of azide groups is 2. The fraction of sp³-hybridized carbons (Fsp3) is 0.470. The molecular formula is C66H76Cl2FN11O12. The minimum absolute atomic E-state index is 0.0169. The molecule has 6 heterocycles. The van der Waals surface area contributed by atoms with E-state index in [9.17, 15) is 29.3 Å². The number of fused-ring (bicyclic) bond motifs is 3. The molecule has 2 fully saturated rings. The molecule has 11 rings (SSSR count). The second-order valence-corrected chi connectivity index (χ2v) is 26.1. The molecule has 3 aromatic carbocycles. The van der Waals surface area contributed by atoms with Crippen LogP contribution in [0.2, 0.25) is 10.3 Å². The zero-order valence-electron chi connectivity index (χ0n) is 52.6. The van der Waals surface area contributed by atoms with Gasteiger partial charge in [-0.3, -0.25) is 9.59 Å². The van der Waals surface area contributed by atoms with E-state index in [1.807, 2.05) is 26.8 Å². The maximum atomic E-state index is 13.6. The van der Waals surface area contributed by atoms with Crippen molar-refractivity contribution in [3.8, 4) is 51.5 Å². The lowest BCUT2D eigenvalue weighted by Gasteiger charge is -2.26. The van der Waals surface area contributed by atoms with E-state index in [0.29, 0.717) is 99.5 Å². The lowest BCUT2D eigenvalue weighted by Crippen LogP contribution is -2.33. The Kier molecular flexibility index (Phi) is 20.6. The summed E-state index contributed by atoms with van der Waals surface area (Å²) >= 11 is 12.5. The summed E-state index contributed by atoms with van der Waals surface area (Å²) in [5.41, 5.74) is 28.8. The number of rotatable bonds is 24. The van der Waals surface area contributed by atoms with E-state index in [4.69, 9.17) is 83.9 Å². The fourth-order valence-electron chi connectivity index (χ4n) is 10.6. The van der Waals surface area contributed by atoms with Gasteiger partial charge in [0.25, 0.3) is 0 Å². The standard InChI is InChI=1S/C30H33FN2O5.C24H27ClN4O5.C12H16ClN5O2/c1-29(16-32)17-37-28-22(29)15-26(33-27(28)18-4-7-20(31)8-5-18)30(2,35)13-12-23(34)19-6-11-24(25(14-19)36-3)38-21-9-10-21;1-23(12-27-29-26)13-33-21-16(23)11-20(28-22(21)25)24(2,31)9-8-17(30)14-4-7-18(19(10-14)32-3)34-15-5-6-15;1-11(5-16-18-15)6-20-9-7(11)3-8(17-10(9)13)12(2,19)4-14/h4-8,11,14-15,21,35H,9-10,12-13,16-17,32H2,1-3H3;4,7,10-11,15,31H,5-6,8-9,12-13H2,1-3H3;3,19H,4-6,14H2,1-2H3. The van der Waals surface area contributed by atoms with Crippen molar-refractivity contribution in [2.45, 2.75) is 138 Å². The Morgan fingerprint density at radius 1 is 0.620 bits per heavy atom. The maximum absolute atomic E-state index is 13.6. The Hall–Kier alpha value is -8.02. The van der Waals surface area contributed by atoms with Gasteiger partial charge in [0, 0.05) is 98.5 Å². The van der Waals surface area contributed by atoms with E-state index in [2.05, 4.69) is 30.0 Å². The molecule has 7 N–H and O–H groups in total. The number of ketones is 2. The Balaban J connectivity index is 0.000000171. The predicted octanol–water partition coefficient (Wildman–Crippen LogP) is 11.9. The number of benzene rings is 3. The lowest BCUT2D eigenvalue weighted by molar-refractivity contribution is 0.0395. The van der Waals surface area contributed by atoms with Crippen molar-refractivity contribution in [3.05, 3.63) is 161 Å². The molecule has 2 aliphatic carbocycles. The summed E-state index contributed by atoms with van der Waals surface area (Å²) < 4.78 is 53.3. The molecule has 26 heteroatoms. The summed E-state index contributed by atoms with van der Waals surface area (Å²) in [6, 6.07) is 21.5. The Bertz CT molecular complexity index is 3860. The van der Waals surface area contributed by atoms with Crippen molar-refractivity contribution in [2.75, 3.05) is 60.2 Å². The third kappa shape index (κ3) is 15.2. The van der Waals surface area contributed by atoms with E-state index in [-0.39, 0.29) is 91.8 Å². The molecular weight excluding hydrogens is 1230 g/mol. The summed E-state index contributed by atoms with van der Waals surface area (Å²) in [4.78, 5) is 44.8. The number of ether oxygens (including phenoxy) is 7. The molecule has 5 aliphatic rings. The Morgan fingerprint density at radius 2 is 1.02 bits per heavy atom. The van der Waals surface area contributed by atoms with Gasteiger partial charge < -0.3 is 59.9 Å². The topological polar surface area (TPSA) is 348 Å². The number of nitrogens with zero attached hydrogens (tertiary/aromatic N) is 9. The van der Waals surface area contributed by atoms with Gasteiger partial charge in [0.2, 0.25) is 0 Å². The van der Waals surface area contributed by atoms with Gasteiger partial charge >= 0.3 is 0 Å². The number of Topliss-reactive ketones (excluding diaryl/α,β-unsaturated/α-hetero) is 2. The molecule has 0 amide bonds. The maximum Gasteiger partial charge on any atom is 0.171 e. The summed E-state index contributed by atoms with van der Waals surface area (Å²) in [7, 11) is 3.09. The van der Waals surface area contributed by atoms with Gasteiger partial charge in [-0.2, -0.15) is 0 Å². The molecule has 3 aromatic heterocycles. The van der Waals surface area contributed by atoms with Crippen LogP contribution in [0.25, 0.3) is 32.1 Å². The average molecular weight is 1310 g/mol. The number of methoxy groups -OCH3 is 2. The number of aliphatic hydroxyl groups is 3. The first-order valence-corrected chi connectivity index (χ1v) is 30.9. The highest BCUT2D eigenvalue weighted by atomic mass is 35.5. The van der Waals surface area contributed by atoms with Gasteiger partial charge in [-0.05, 0) is 149 Å². The largest absolute Gasteiger partial charge is 0.493 e. The number of hydrogen-bond acceptors (Lipinski definition) is 19. The molecule has 0 bridgehead atoms. The number of pyridine rings is 3. The van der Waals surface area contributed by atoms with Gasteiger partial charge in [-0.15, -0.1) is 0 Å². The number of aromatic nitrogens is 3. The highest BCUT2D eigenvalue weighted by molar-refractivity contribution is 6.31. The number of nitrogens with two attached hydrogens (primary N) is 2. The molecule has 0 saturated heterocycles. The van der Waals surface area contributed by atoms with E-state index in [1.54, 1.807) is 88.5 Å². The number of halogens is 3. The third-order valence-electron chi connectivity index (χ3n) is 17.3. The Labute approximate surface area is 542 Å². The Morgan fingerprint density at radius 3 is 1.42 bits per heavy atom. The van der Waals surface area contributed by atoms with Crippen molar-refractivity contribution in [1.29, 1.82) is 0 Å². The van der Waals surface area contributed by atoms with Crippen LogP contribution in [0.3, 0.4) is 0 Å². The SMILES string of the molecule is CC(O)(CN)c1cc2c(c(Cl)n1)OCC2(C)CN=[N+]=[N-].COc1cc(C(=O)CCC(C)(O)c2cc3c(c(-c4ccc(F)cc4)n2)OCC3(C)CN)ccc1OC1CC1.COc1cc(C(=O)CCC(C)(O)c2cc3c(c(Cl)n2)OCC3(C)CN=[N+]=[N-])ccc1OC1CC1. The zero-order valence-corrected chi connectivity index (χ0v) is 54.1. The second-order valence-electron chi connectivity index (χ2n) is 25.4. The lowest BCUT2D eigenvalue weighted by atomic mass is 9.82. The van der Waals surface area contributed by atoms with E-state index < -0.39 is 33.0 Å². The molecule has 3 aliphatic heterocycles. The highest BCUT2D eigenvalue weighted by Gasteiger charge is 2.43. The van der Waals surface area contributed by atoms with Gasteiger partial charge in [-0.25, -0.2) is 19.3 Å². The van der Waals surface area contributed by atoms with E-state index >= 15 is 0 Å². The van der Waals surface area contributed by atoms with Gasteiger partial charge in [0.1, 0.15) is 34.1 Å². The molecule has 6 unspecified atom stereocenters. The first kappa shape index (κ1) is 68.3. The van der Waals surface area contributed by atoms with Crippen molar-refractivity contribution in [2.24, 2.45) is 21.7 Å². The van der Waals surface area contributed by atoms with Crippen LogP contribution in [0.5, 0.6) is 40.2 Å². The molecule has 2 saturated carbocycles. The summed E-state index contributed by atoms with van der Waals surface area (Å²) in [5.74, 6) is 3.13. The van der Waals surface area contributed by atoms with Crippen LogP contribution in [0.15, 0.2) is 89.1 Å². The van der Waals surface area contributed by atoms with Crippen molar-refractivity contribution >= 4 is 34.8 Å². The van der Waals surface area contributed by atoms with E-state index in [1.165, 1.54) is 19.2 Å². The molecule has 488 valence electrons. The minimum Gasteiger partial charge on any atom is -0.493 e. The predicted molar refractivity (Wildman–Crippen MR) is 342 cm³/mol. The van der Waals surface area contributed by atoms with Crippen molar-refractivity contribution in [3.63, 3.8) is 0 Å². The van der Waals surface area contributed by atoms with E-state index in [0.717, 1.165) is 42.4 Å². The highest BCUT2D eigenvalue weighted by Crippen LogP contribution is 2.48. The van der Waals surface area contributed by atoms with Gasteiger partial charge in [0.15, 0.2) is 56.4 Å². The van der Waals surface area contributed by atoms with Crippen LogP contribution >= 0.6 is 23.2 Å². The first-order valence-electron chi connectivity index (χ1n) is 30.1. The summed E-state index contributed by atoms with van der Waals surface area (Å²) in [6.07, 6.45) is 4.98. The monoisotopic (exact) mass is 1300 g/mol. The third-order valence-corrected chi connectivity index (χ3v) is 17.8. The number of carbonyl (C=O) groups excluding carboxylic acids is 2. The molecule has 92 heavy (non-hydrogen) atoms. The summed E-state index contributed by atoms with van der Waals surface area (Å²) in [5, 5.41) is 40.6. The zero-order chi connectivity index (χ0) is 66.6. The molecule has 0 radical (unpaired) electrons. The van der Waals surface area contributed by atoms with Crippen LogP contribution in [0, 0.1) is 5.82 Å². The van der Waals surface area contributed by atoms with Crippen molar-refractivity contribution < 1.29 is 62.5 Å². The van der Waals surface area contributed by atoms with Crippen LogP contribution in [0.4, 0.5) is 4.39 Å². The van der Waals surface area contributed by atoms with Gasteiger partial charge in [-0.1, -0.05) is 54.2 Å². The average Bonchev–Trinajstić information content (AvgIpc) is 1.54. The fourth-order valence-corrected chi connectivity index (χ4v) is 11.1. The molecule has 6 aromatic rings. The second kappa shape index (κ2) is 27.7. The quantitative estimate of drug-likeness (QED) is 0.0124. The minimum atomic E-state index is -1.42. The van der Waals surface area contributed by atoms with Gasteiger partial charge in [0.05, 0.1) is 63.3 Å². The van der Waals surface area contributed by atoms with Crippen LogP contribution in [-0.4, -0.2) is 114 Å². The normalized spacial score (nSPS) is 20.9. The van der Waals surface area contributed by atoms with Crippen LogP contribution in [-0.2, 0) is 33.0 Å². The summed E-state index contributed by atoms with van der Waals surface area (Å²) in [6.45, 7) is 12.4. The van der Waals surface area contributed by atoms with Crippen molar-refractivity contribution in [1.82, 2.24) is 15.0 Å². The number of carbonyl (C=O) groups is 2. The molecule has 23 nitrogen and oxygen atoms in total. The van der Waals surface area contributed by atoms with Crippen LogP contribution < -0.4 is 44.6 Å².